The lowest BCUT2D eigenvalue weighted by atomic mass is 10.0. The highest BCUT2D eigenvalue weighted by Gasteiger charge is 2.56. The molecule has 4 atom stereocenters. The molecule has 0 bridgehead atoms. The first-order valence-corrected chi connectivity index (χ1v) is 17.0. The zero-order valence-electron chi connectivity index (χ0n) is 21.5. The van der Waals surface area contributed by atoms with Crippen molar-refractivity contribution in [2.45, 2.75) is 75.8 Å². The monoisotopic (exact) mass is 501 g/mol. The molecule has 0 saturated carbocycles. The number of benzene rings is 3. The van der Waals surface area contributed by atoms with Gasteiger partial charge >= 0.3 is 0 Å². The minimum absolute atomic E-state index is 0.424. The molecule has 0 radical (unpaired) electrons. The van der Waals surface area contributed by atoms with Crippen LogP contribution in [0.3, 0.4) is 0 Å². The molecule has 35 heavy (non-hydrogen) atoms. The molecule has 2 aliphatic rings. The van der Waals surface area contributed by atoms with Crippen molar-refractivity contribution < 1.29 is 0 Å². The number of hydrogen-bond acceptors (Lipinski definition) is 1. The lowest BCUT2D eigenvalue weighted by molar-refractivity contribution is 0.610. The fraction of sp³-hybridized carbons (Fsp3) is 0.406. The fourth-order valence-corrected chi connectivity index (χ4v) is 16.4. The maximum Gasteiger partial charge on any atom is 0.0845 e. The Bertz CT molecular complexity index is 1040. The molecule has 5 rings (SSSR count). The van der Waals surface area contributed by atoms with Gasteiger partial charge < -0.3 is 0 Å². The molecule has 0 amide bonds. The number of fused-ring (bicyclic) bond motifs is 1. The Morgan fingerprint density at radius 1 is 0.829 bits per heavy atom. The number of aryl methyl sites for hydroxylation is 1. The summed E-state index contributed by atoms with van der Waals surface area (Å²) in [6.45, 7) is 11.5. The summed E-state index contributed by atoms with van der Waals surface area (Å²) in [5, 5.41) is 1.65. The van der Waals surface area contributed by atoms with Gasteiger partial charge in [0.05, 0.1) is 11.3 Å². The Hall–Kier alpha value is -1.52. The van der Waals surface area contributed by atoms with Crippen LogP contribution in [-0.4, -0.2) is 16.6 Å². The van der Waals surface area contributed by atoms with Crippen molar-refractivity contribution >= 4 is 20.8 Å². The molecule has 2 heterocycles. The number of nitrogens with zero attached hydrogens (tertiary/aromatic N) is 1. The fourth-order valence-electron chi connectivity index (χ4n) is 6.52. The number of unbranched alkanes of at least 4 members (excludes halogenated alkanes) is 1. The van der Waals surface area contributed by atoms with Gasteiger partial charge in [-0.3, -0.25) is 0 Å². The molecule has 1 fully saturated rings. The van der Waals surface area contributed by atoms with Crippen molar-refractivity contribution in [2.75, 3.05) is 6.54 Å². The van der Waals surface area contributed by atoms with Crippen LogP contribution in [0.5, 0.6) is 0 Å². The third-order valence-electron chi connectivity index (χ3n) is 8.28. The highest BCUT2D eigenvalue weighted by molar-refractivity contribution is 7.85. The van der Waals surface area contributed by atoms with E-state index in [9.17, 15) is 0 Å². The summed E-state index contributed by atoms with van der Waals surface area (Å²) in [4.78, 5) is 0. The Morgan fingerprint density at radius 3 is 2.00 bits per heavy atom. The molecule has 0 aromatic heterocycles. The van der Waals surface area contributed by atoms with Crippen LogP contribution in [0, 0.1) is 6.66 Å². The summed E-state index contributed by atoms with van der Waals surface area (Å²) in [6.07, 6.45) is 8.87. The van der Waals surface area contributed by atoms with E-state index in [2.05, 4.69) is 103 Å². The molecule has 1 saturated heterocycles. The van der Waals surface area contributed by atoms with Crippen molar-refractivity contribution in [3.05, 3.63) is 108 Å². The summed E-state index contributed by atoms with van der Waals surface area (Å²) in [7, 11) is -2.22. The van der Waals surface area contributed by atoms with E-state index in [1.807, 2.05) is 0 Å². The number of rotatable bonds is 7. The zero-order valence-corrected chi connectivity index (χ0v) is 23.3. The van der Waals surface area contributed by atoms with Gasteiger partial charge in [-0.2, -0.15) is 11.1 Å². The Balaban J connectivity index is 1.68. The summed E-state index contributed by atoms with van der Waals surface area (Å²) >= 11 is 0. The minimum Gasteiger partial charge on any atom is -0.184 e. The van der Waals surface area contributed by atoms with E-state index in [1.54, 1.807) is 10.9 Å². The maximum atomic E-state index is 5.40. The van der Waals surface area contributed by atoms with Crippen LogP contribution < -0.4 is 5.30 Å². The van der Waals surface area contributed by atoms with Gasteiger partial charge in [0.2, 0.25) is 0 Å². The van der Waals surface area contributed by atoms with Gasteiger partial charge in [0.15, 0.2) is 0 Å². The Kier molecular flexibility index (Phi) is 8.08. The second-order valence-corrected chi connectivity index (χ2v) is 16.8. The molecular weight excluding hydrogens is 460 g/mol. The smallest absolute Gasteiger partial charge is 0.0845 e. The topological polar surface area (TPSA) is 3.24 Å². The van der Waals surface area contributed by atoms with Gasteiger partial charge in [-0.05, 0) is 73.6 Å². The largest absolute Gasteiger partial charge is 0.184 e. The van der Waals surface area contributed by atoms with E-state index in [0.717, 1.165) is 0 Å². The summed E-state index contributed by atoms with van der Waals surface area (Å²) < 4.78 is 3.09. The quantitative estimate of drug-likeness (QED) is 0.230. The predicted octanol–water partition coefficient (Wildman–Crippen LogP) is 9.54. The normalized spacial score (nSPS) is 25.8. The molecule has 3 aromatic rings. The van der Waals surface area contributed by atoms with Crippen LogP contribution in [0.25, 0.3) is 0 Å². The van der Waals surface area contributed by atoms with Crippen molar-refractivity contribution in [3.63, 3.8) is 0 Å². The van der Waals surface area contributed by atoms with Gasteiger partial charge in [0.25, 0.3) is 0 Å². The standard InChI is InChI=1S/C32H41NP2/c1-4-5-25-33(34-26(2)15-14-21-27-16-12-13-22-30(27)34)35(3)31(28-17-8-6-9-18-28)23-24-32(35)29-19-10-7-11-20-29/h6-13,16-20,22,26,31-32H,3-5,14-15,21,23-25H2,1-2H3/t26?,31-,32-,34?/m0/s1. The lowest BCUT2D eigenvalue weighted by Crippen LogP contribution is -2.31. The molecular formula is C32H41NP2. The van der Waals surface area contributed by atoms with Gasteiger partial charge in [-0.25, -0.2) is 0 Å². The lowest BCUT2D eigenvalue weighted by Gasteiger charge is -2.50. The first-order chi connectivity index (χ1) is 17.1. The van der Waals surface area contributed by atoms with Crippen molar-refractivity contribution in [3.8, 4) is 0 Å². The van der Waals surface area contributed by atoms with E-state index >= 15 is 0 Å². The van der Waals surface area contributed by atoms with Crippen LogP contribution >= 0.6 is 15.5 Å². The van der Waals surface area contributed by atoms with Gasteiger partial charge in [-0.1, -0.05) is 105 Å². The SMILES string of the molecule is [CH2-][P+]1(N(CCCC)P2c3ccccc3CCCC2C)[C@H](c2ccccc2)CC[C@H]1c1ccccc1. The minimum atomic E-state index is -1.79. The van der Waals surface area contributed by atoms with E-state index in [0.29, 0.717) is 17.0 Å². The first kappa shape index (κ1) is 25.1. The van der Waals surface area contributed by atoms with Gasteiger partial charge in [0.1, 0.15) is 0 Å². The molecule has 0 aliphatic carbocycles. The second kappa shape index (κ2) is 11.3. The Morgan fingerprint density at radius 2 is 1.40 bits per heavy atom. The van der Waals surface area contributed by atoms with Crippen LogP contribution in [-0.2, 0) is 6.42 Å². The van der Waals surface area contributed by atoms with Crippen molar-refractivity contribution in [2.24, 2.45) is 0 Å². The highest BCUT2D eigenvalue weighted by Crippen LogP contribution is 2.89. The molecule has 2 aliphatic heterocycles. The number of hydrogen-bond donors (Lipinski definition) is 0. The average Bonchev–Trinajstić information content (AvgIpc) is 3.16. The first-order valence-electron chi connectivity index (χ1n) is 13.6. The molecule has 3 heteroatoms. The molecule has 0 spiro atoms. The molecule has 2 unspecified atom stereocenters. The summed E-state index contributed by atoms with van der Waals surface area (Å²) in [6, 6.07) is 32.2. The third-order valence-corrected chi connectivity index (χ3v) is 16.9. The third kappa shape index (κ3) is 4.90. The second-order valence-electron chi connectivity index (χ2n) is 10.5. The summed E-state index contributed by atoms with van der Waals surface area (Å²) in [5.41, 5.74) is 6.44. The maximum absolute atomic E-state index is 5.40. The van der Waals surface area contributed by atoms with E-state index in [1.165, 1.54) is 62.6 Å². The van der Waals surface area contributed by atoms with Gasteiger partial charge in [-0.15, -0.1) is 0 Å². The van der Waals surface area contributed by atoms with E-state index in [-0.39, 0.29) is 0 Å². The zero-order chi connectivity index (χ0) is 24.3. The van der Waals surface area contributed by atoms with Crippen molar-refractivity contribution in [1.29, 1.82) is 0 Å². The Labute approximate surface area is 215 Å². The van der Waals surface area contributed by atoms with Crippen LogP contribution in [0.1, 0.15) is 80.4 Å². The van der Waals surface area contributed by atoms with E-state index in [4.69, 9.17) is 6.66 Å². The van der Waals surface area contributed by atoms with Gasteiger partial charge in [0, 0.05) is 14.6 Å². The average molecular weight is 502 g/mol. The predicted molar refractivity (Wildman–Crippen MR) is 157 cm³/mol. The van der Waals surface area contributed by atoms with E-state index < -0.39 is 15.5 Å². The molecule has 3 aromatic carbocycles. The van der Waals surface area contributed by atoms with Crippen LogP contribution in [0.2, 0.25) is 0 Å². The van der Waals surface area contributed by atoms with Crippen molar-refractivity contribution in [1.82, 2.24) is 4.44 Å². The molecule has 1 nitrogen and oxygen atoms in total. The summed E-state index contributed by atoms with van der Waals surface area (Å²) in [5.74, 6) is 0. The van der Waals surface area contributed by atoms with Crippen LogP contribution in [0.15, 0.2) is 84.9 Å². The molecule has 0 N–H and O–H groups in total. The van der Waals surface area contributed by atoms with Crippen LogP contribution in [0.4, 0.5) is 0 Å². The highest BCUT2D eigenvalue weighted by atomic mass is 31.2. The molecule has 184 valence electrons.